The topological polar surface area (TPSA) is 0 Å². The van der Waals surface area contributed by atoms with Gasteiger partial charge in [0.25, 0.3) is 0 Å². The third kappa shape index (κ3) is 4.98. The molecule has 0 aliphatic rings. The van der Waals surface area contributed by atoms with Gasteiger partial charge in [0.2, 0.25) is 0 Å². The highest BCUT2D eigenvalue weighted by molar-refractivity contribution is 5.64. The van der Waals surface area contributed by atoms with E-state index in [1.807, 2.05) is 31.2 Å². The van der Waals surface area contributed by atoms with Gasteiger partial charge in [-0.3, -0.25) is 0 Å². The SMILES string of the molecule is CCCCCCCCc1ccc(-c2ccc(C)cc2F)cc1. The van der Waals surface area contributed by atoms with E-state index in [1.165, 1.54) is 44.1 Å². The molecular weight excluding hydrogens is 271 g/mol. The summed E-state index contributed by atoms with van der Waals surface area (Å²) in [7, 11) is 0. The van der Waals surface area contributed by atoms with E-state index in [9.17, 15) is 4.39 Å². The van der Waals surface area contributed by atoms with Crippen molar-refractivity contribution in [3.8, 4) is 11.1 Å². The molecular formula is C21H27F. The number of unbranched alkanes of at least 4 members (excludes halogenated alkanes) is 5. The lowest BCUT2D eigenvalue weighted by atomic mass is 10.00. The molecule has 22 heavy (non-hydrogen) atoms. The Morgan fingerprint density at radius 3 is 2.18 bits per heavy atom. The summed E-state index contributed by atoms with van der Waals surface area (Å²) >= 11 is 0. The minimum absolute atomic E-state index is 0.135. The lowest BCUT2D eigenvalue weighted by molar-refractivity contribution is 0.607. The van der Waals surface area contributed by atoms with Crippen molar-refractivity contribution in [2.24, 2.45) is 0 Å². The van der Waals surface area contributed by atoms with Gasteiger partial charge in [-0.2, -0.15) is 0 Å². The maximum Gasteiger partial charge on any atom is 0.131 e. The van der Waals surface area contributed by atoms with Crippen LogP contribution in [0.15, 0.2) is 42.5 Å². The van der Waals surface area contributed by atoms with Crippen LogP contribution in [-0.4, -0.2) is 0 Å². The third-order valence-corrected chi connectivity index (χ3v) is 4.21. The second kappa shape index (κ2) is 8.73. The summed E-state index contributed by atoms with van der Waals surface area (Å²) < 4.78 is 14.0. The number of rotatable bonds is 8. The molecule has 0 unspecified atom stereocenters. The highest BCUT2D eigenvalue weighted by Gasteiger charge is 2.05. The predicted octanol–water partition coefficient (Wildman–Crippen LogP) is 6.70. The largest absolute Gasteiger partial charge is 0.206 e. The van der Waals surface area contributed by atoms with Crippen LogP contribution in [0.3, 0.4) is 0 Å². The molecule has 0 spiro atoms. The molecule has 118 valence electrons. The van der Waals surface area contributed by atoms with Gasteiger partial charge in [-0.1, -0.05) is 75.4 Å². The molecule has 0 aromatic heterocycles. The normalized spacial score (nSPS) is 10.9. The van der Waals surface area contributed by atoms with Crippen LogP contribution in [0, 0.1) is 12.7 Å². The van der Waals surface area contributed by atoms with Crippen molar-refractivity contribution in [1.29, 1.82) is 0 Å². The summed E-state index contributed by atoms with van der Waals surface area (Å²) in [6.45, 7) is 4.16. The molecule has 0 amide bonds. The average molecular weight is 298 g/mol. The van der Waals surface area contributed by atoms with E-state index in [0.717, 1.165) is 17.5 Å². The Bertz CT molecular complexity index is 569. The van der Waals surface area contributed by atoms with Crippen molar-refractivity contribution in [3.63, 3.8) is 0 Å². The molecule has 0 fully saturated rings. The monoisotopic (exact) mass is 298 g/mol. The second-order valence-corrected chi connectivity index (χ2v) is 6.20. The van der Waals surface area contributed by atoms with Crippen LogP contribution in [0.5, 0.6) is 0 Å². The van der Waals surface area contributed by atoms with Crippen LogP contribution in [0.1, 0.15) is 56.6 Å². The number of aryl methyl sites for hydroxylation is 2. The second-order valence-electron chi connectivity index (χ2n) is 6.20. The highest BCUT2D eigenvalue weighted by Crippen LogP contribution is 2.24. The third-order valence-electron chi connectivity index (χ3n) is 4.21. The molecule has 0 radical (unpaired) electrons. The van der Waals surface area contributed by atoms with Crippen molar-refractivity contribution in [2.45, 2.75) is 58.8 Å². The lowest BCUT2D eigenvalue weighted by Gasteiger charge is -2.07. The fourth-order valence-electron chi connectivity index (χ4n) is 2.81. The van der Waals surface area contributed by atoms with E-state index in [2.05, 4.69) is 19.1 Å². The van der Waals surface area contributed by atoms with E-state index in [1.54, 1.807) is 6.07 Å². The van der Waals surface area contributed by atoms with E-state index in [0.29, 0.717) is 5.56 Å². The van der Waals surface area contributed by atoms with Gasteiger partial charge in [0.15, 0.2) is 0 Å². The van der Waals surface area contributed by atoms with E-state index < -0.39 is 0 Å². The van der Waals surface area contributed by atoms with E-state index in [4.69, 9.17) is 0 Å². The quantitative estimate of drug-likeness (QED) is 0.475. The molecule has 0 saturated carbocycles. The molecule has 0 N–H and O–H groups in total. The van der Waals surface area contributed by atoms with Crippen molar-refractivity contribution in [2.75, 3.05) is 0 Å². The number of halogens is 1. The van der Waals surface area contributed by atoms with Gasteiger partial charge in [-0.05, 0) is 42.5 Å². The maximum absolute atomic E-state index is 14.0. The first-order valence-electron chi connectivity index (χ1n) is 8.56. The Morgan fingerprint density at radius 1 is 0.818 bits per heavy atom. The van der Waals surface area contributed by atoms with Crippen molar-refractivity contribution < 1.29 is 4.39 Å². The number of hydrogen-bond acceptors (Lipinski definition) is 0. The molecule has 0 bridgehead atoms. The maximum atomic E-state index is 14.0. The molecule has 1 heteroatoms. The molecule has 2 rings (SSSR count). The lowest BCUT2D eigenvalue weighted by Crippen LogP contribution is -1.89. The number of benzene rings is 2. The van der Waals surface area contributed by atoms with Gasteiger partial charge in [-0.25, -0.2) is 4.39 Å². The van der Waals surface area contributed by atoms with Crippen LogP contribution >= 0.6 is 0 Å². The minimum atomic E-state index is -0.135. The Hall–Kier alpha value is -1.63. The van der Waals surface area contributed by atoms with Crippen LogP contribution < -0.4 is 0 Å². The zero-order chi connectivity index (χ0) is 15.8. The molecule has 0 atom stereocenters. The first-order chi connectivity index (χ1) is 10.7. The van der Waals surface area contributed by atoms with Crippen molar-refractivity contribution >= 4 is 0 Å². The van der Waals surface area contributed by atoms with Crippen LogP contribution in [-0.2, 0) is 6.42 Å². The first-order valence-corrected chi connectivity index (χ1v) is 8.56. The molecule has 2 aromatic rings. The Kier molecular flexibility index (Phi) is 6.64. The fraction of sp³-hybridized carbons (Fsp3) is 0.429. The molecule has 0 saturated heterocycles. The molecule has 0 nitrogen and oxygen atoms in total. The first kappa shape index (κ1) is 16.7. The zero-order valence-corrected chi connectivity index (χ0v) is 13.9. The predicted molar refractivity (Wildman–Crippen MR) is 93.7 cm³/mol. The van der Waals surface area contributed by atoms with Gasteiger partial charge in [0, 0.05) is 5.56 Å². The summed E-state index contributed by atoms with van der Waals surface area (Å²) in [5.41, 5.74) is 3.97. The molecule has 2 aromatic carbocycles. The Morgan fingerprint density at radius 2 is 1.50 bits per heavy atom. The smallest absolute Gasteiger partial charge is 0.131 e. The van der Waals surface area contributed by atoms with Gasteiger partial charge >= 0.3 is 0 Å². The van der Waals surface area contributed by atoms with E-state index >= 15 is 0 Å². The summed E-state index contributed by atoms with van der Waals surface area (Å²) in [6, 6.07) is 13.8. The van der Waals surface area contributed by atoms with Gasteiger partial charge in [-0.15, -0.1) is 0 Å². The van der Waals surface area contributed by atoms with Crippen molar-refractivity contribution in [3.05, 3.63) is 59.4 Å². The minimum Gasteiger partial charge on any atom is -0.206 e. The van der Waals surface area contributed by atoms with Crippen LogP contribution in [0.4, 0.5) is 4.39 Å². The summed E-state index contributed by atoms with van der Waals surface area (Å²) in [5, 5.41) is 0. The summed E-state index contributed by atoms with van der Waals surface area (Å²) in [6.07, 6.45) is 9.07. The average Bonchev–Trinajstić information content (AvgIpc) is 2.52. The van der Waals surface area contributed by atoms with Crippen LogP contribution in [0.25, 0.3) is 11.1 Å². The standard InChI is InChI=1S/C21H27F/c1-3-4-5-6-7-8-9-18-11-13-19(14-12-18)20-15-10-17(2)16-21(20)22/h10-16H,3-9H2,1-2H3. The molecule has 0 aliphatic heterocycles. The fourth-order valence-corrected chi connectivity index (χ4v) is 2.81. The summed E-state index contributed by atoms with van der Waals surface area (Å²) in [5.74, 6) is -0.135. The molecule has 0 heterocycles. The zero-order valence-electron chi connectivity index (χ0n) is 13.9. The number of hydrogen-bond donors (Lipinski definition) is 0. The Balaban J connectivity index is 1.87. The van der Waals surface area contributed by atoms with Gasteiger partial charge in [0.05, 0.1) is 0 Å². The van der Waals surface area contributed by atoms with Gasteiger partial charge in [0.1, 0.15) is 5.82 Å². The highest BCUT2D eigenvalue weighted by atomic mass is 19.1. The van der Waals surface area contributed by atoms with Crippen LogP contribution in [0.2, 0.25) is 0 Å². The van der Waals surface area contributed by atoms with Crippen molar-refractivity contribution in [1.82, 2.24) is 0 Å². The van der Waals surface area contributed by atoms with E-state index in [-0.39, 0.29) is 5.82 Å². The summed E-state index contributed by atoms with van der Waals surface area (Å²) in [4.78, 5) is 0. The Labute approximate surface area is 134 Å². The molecule has 0 aliphatic carbocycles. The van der Waals surface area contributed by atoms with Gasteiger partial charge < -0.3 is 0 Å².